The average molecular weight is 518 g/mol. The number of rotatable bonds is 5. The van der Waals surface area contributed by atoms with Crippen LogP contribution in [0.3, 0.4) is 0 Å². The van der Waals surface area contributed by atoms with Gasteiger partial charge < -0.3 is 14.7 Å². The molecule has 34 heavy (non-hydrogen) atoms. The third-order valence-corrected chi connectivity index (χ3v) is 6.09. The van der Waals surface area contributed by atoms with E-state index >= 15 is 0 Å². The zero-order chi connectivity index (χ0) is 25.4. The molecule has 2 atom stereocenters. The van der Waals surface area contributed by atoms with Crippen molar-refractivity contribution in [2.45, 2.75) is 31.3 Å². The lowest BCUT2D eigenvalue weighted by Gasteiger charge is -2.29. The van der Waals surface area contributed by atoms with Crippen LogP contribution in [0.1, 0.15) is 33.5 Å². The molecule has 0 fully saturated rings. The van der Waals surface area contributed by atoms with Gasteiger partial charge in [-0.2, -0.15) is 13.2 Å². The maximum Gasteiger partial charge on any atom is 0.435 e. The van der Waals surface area contributed by atoms with Crippen LogP contribution in [0.4, 0.5) is 18.0 Å². The van der Waals surface area contributed by atoms with Gasteiger partial charge in [0.2, 0.25) is 0 Å². The second kappa shape index (κ2) is 9.44. The molecular weight excluding hydrogens is 500 g/mol. The highest BCUT2D eigenvalue weighted by molar-refractivity contribution is 6.42. The first-order valence-electron chi connectivity index (χ1n) is 9.63. The highest BCUT2D eigenvalue weighted by Gasteiger charge is 2.62. The van der Waals surface area contributed by atoms with E-state index in [1.165, 1.54) is 44.4 Å². The molecule has 1 radical (unpaired) electrons. The predicted octanol–water partition coefficient (Wildman–Crippen LogP) is 5.81. The summed E-state index contributed by atoms with van der Waals surface area (Å²) in [4.78, 5) is 29.6. The smallest absolute Gasteiger partial charge is 0.435 e. The van der Waals surface area contributed by atoms with Gasteiger partial charge >= 0.3 is 12.3 Å². The van der Waals surface area contributed by atoms with Crippen LogP contribution in [-0.4, -0.2) is 47.2 Å². The van der Waals surface area contributed by atoms with Crippen molar-refractivity contribution in [3.8, 4) is 0 Å². The molecule has 0 spiro atoms. The Labute approximate surface area is 202 Å². The monoisotopic (exact) mass is 517 g/mol. The summed E-state index contributed by atoms with van der Waals surface area (Å²) in [6.07, 6.45) is -8.37. The van der Waals surface area contributed by atoms with Crippen LogP contribution in [0.15, 0.2) is 41.6 Å². The number of carboxylic acid groups (broad SMARTS) is 1. The quantitative estimate of drug-likeness (QED) is 0.505. The summed E-state index contributed by atoms with van der Waals surface area (Å²) in [6.45, 7) is 4.96. The molecule has 3 rings (SSSR count). The van der Waals surface area contributed by atoms with Gasteiger partial charge in [-0.25, -0.2) is 9.69 Å². The topological polar surface area (TPSA) is 88.4 Å². The van der Waals surface area contributed by atoms with E-state index in [9.17, 15) is 27.9 Å². The number of benzene rings is 2. The first-order valence-corrected chi connectivity index (χ1v) is 10.4. The molecule has 1 aliphatic rings. The second-order valence-corrected chi connectivity index (χ2v) is 8.25. The number of hydrogen-bond donors (Lipinski definition) is 1. The van der Waals surface area contributed by atoms with Crippen LogP contribution in [0.5, 0.6) is 0 Å². The summed E-state index contributed by atoms with van der Waals surface area (Å²) in [7, 11) is 1.19. The molecule has 0 aromatic heterocycles. The third kappa shape index (κ3) is 4.57. The number of imide groups is 1. The van der Waals surface area contributed by atoms with E-state index in [1.54, 1.807) is 0 Å². The lowest BCUT2D eigenvalue weighted by Crippen LogP contribution is -2.43. The molecule has 7 nitrogen and oxygen atoms in total. The molecule has 1 heterocycles. The van der Waals surface area contributed by atoms with Gasteiger partial charge in [-0.1, -0.05) is 40.5 Å². The predicted molar refractivity (Wildman–Crippen MR) is 118 cm³/mol. The molecule has 0 saturated carbocycles. The highest BCUT2D eigenvalue weighted by Crippen LogP contribution is 2.49. The minimum atomic E-state index is -4.84. The molecule has 0 saturated heterocycles. The van der Waals surface area contributed by atoms with Crippen molar-refractivity contribution in [3.05, 3.63) is 75.6 Å². The standard InChI is InChI=1S/C22H18Cl2F3N2O5/c1-11-8-13(4-6-15(11)19(30)29(20(31)32)12(2)33-3)18-10-21(34-28-18,22(25,26)27)14-5-7-16(23)17(24)9-14/h4-9,12H,2,10H2,1,3H3,(H,31,32). The SMILES string of the molecule is [CH2]C(OC)N(C(=O)O)C(=O)c1ccc(C2=NOC(c3ccc(Cl)c(Cl)c3)(C(F)(F)F)C2)cc1C. The second-order valence-electron chi connectivity index (χ2n) is 7.44. The Balaban J connectivity index is 1.94. The molecule has 1 N–H and O–H groups in total. The van der Waals surface area contributed by atoms with Crippen LogP contribution < -0.4 is 0 Å². The van der Waals surface area contributed by atoms with Gasteiger partial charge in [-0.15, -0.1) is 0 Å². The van der Waals surface area contributed by atoms with Crippen LogP contribution in [0.2, 0.25) is 10.0 Å². The summed E-state index contributed by atoms with van der Waals surface area (Å²) in [5.41, 5.74) is -2.50. The fourth-order valence-corrected chi connectivity index (χ4v) is 3.76. The number of halogens is 5. The largest absolute Gasteiger partial charge is 0.465 e. The van der Waals surface area contributed by atoms with Gasteiger partial charge in [0, 0.05) is 24.7 Å². The molecular formula is C22H18Cl2F3N2O5. The normalized spacial score (nSPS) is 18.8. The number of aryl methyl sites for hydroxylation is 1. The zero-order valence-electron chi connectivity index (χ0n) is 17.8. The van der Waals surface area contributed by atoms with Gasteiger partial charge in [0.15, 0.2) is 0 Å². The molecule has 0 aliphatic carbocycles. The number of ether oxygens (including phenoxy) is 1. The molecule has 181 valence electrons. The Kier molecular flexibility index (Phi) is 7.16. The minimum Gasteiger partial charge on any atom is -0.465 e. The lowest BCUT2D eigenvalue weighted by atomic mass is 9.86. The van der Waals surface area contributed by atoms with E-state index in [2.05, 4.69) is 12.1 Å². The van der Waals surface area contributed by atoms with E-state index in [4.69, 9.17) is 32.8 Å². The zero-order valence-corrected chi connectivity index (χ0v) is 19.3. The molecule has 2 amide bonds. The maximum atomic E-state index is 14.1. The number of hydrogen-bond acceptors (Lipinski definition) is 5. The van der Waals surface area contributed by atoms with Gasteiger partial charge in [0.25, 0.3) is 11.5 Å². The molecule has 12 heteroatoms. The molecule has 1 aliphatic heterocycles. The summed E-state index contributed by atoms with van der Waals surface area (Å²) in [5, 5.41) is 13.0. The minimum absolute atomic E-state index is 0.00272. The van der Waals surface area contributed by atoms with Gasteiger partial charge in [-0.05, 0) is 49.2 Å². The van der Waals surface area contributed by atoms with E-state index < -0.39 is 36.4 Å². The Hall–Kier alpha value is -2.82. The number of oxime groups is 1. The van der Waals surface area contributed by atoms with Crippen LogP contribution >= 0.6 is 23.2 Å². The first-order chi connectivity index (χ1) is 15.8. The Morgan fingerprint density at radius 2 is 1.91 bits per heavy atom. The van der Waals surface area contributed by atoms with Crippen molar-refractivity contribution in [1.82, 2.24) is 4.90 Å². The summed E-state index contributed by atoms with van der Waals surface area (Å²) >= 11 is 11.8. The number of alkyl halides is 3. The maximum absolute atomic E-state index is 14.1. The number of carbonyl (C=O) groups is 2. The first kappa shape index (κ1) is 25.8. The number of carbonyl (C=O) groups excluding carboxylic acids is 1. The number of nitrogens with zero attached hydrogens (tertiary/aromatic N) is 2. The lowest BCUT2D eigenvalue weighted by molar-refractivity contribution is -0.275. The molecule has 2 aromatic rings. The Morgan fingerprint density at radius 1 is 1.24 bits per heavy atom. The summed E-state index contributed by atoms with van der Waals surface area (Å²) in [6, 6.07) is 7.55. The van der Waals surface area contributed by atoms with Crippen molar-refractivity contribution < 1.29 is 37.4 Å². The van der Waals surface area contributed by atoms with Gasteiger partial charge in [-0.3, -0.25) is 4.79 Å². The Morgan fingerprint density at radius 3 is 2.44 bits per heavy atom. The van der Waals surface area contributed by atoms with Gasteiger partial charge in [0.1, 0.15) is 6.23 Å². The van der Waals surface area contributed by atoms with E-state index in [0.717, 1.165) is 6.07 Å². The fourth-order valence-electron chi connectivity index (χ4n) is 3.47. The fraction of sp³-hybridized carbons (Fsp3) is 0.273. The summed E-state index contributed by atoms with van der Waals surface area (Å²) < 4.78 is 47.3. The van der Waals surface area contributed by atoms with Crippen molar-refractivity contribution in [1.29, 1.82) is 0 Å². The van der Waals surface area contributed by atoms with Gasteiger partial charge in [0.05, 0.1) is 15.8 Å². The van der Waals surface area contributed by atoms with E-state index in [0.29, 0.717) is 10.5 Å². The van der Waals surface area contributed by atoms with Crippen LogP contribution in [-0.2, 0) is 15.2 Å². The number of amides is 2. The summed E-state index contributed by atoms with van der Waals surface area (Å²) in [5.74, 6) is -0.900. The van der Waals surface area contributed by atoms with E-state index in [1.807, 2.05) is 0 Å². The van der Waals surface area contributed by atoms with E-state index in [-0.39, 0.29) is 32.4 Å². The average Bonchev–Trinajstić information content (AvgIpc) is 3.22. The molecule has 2 unspecified atom stereocenters. The molecule has 0 bridgehead atoms. The third-order valence-electron chi connectivity index (χ3n) is 5.35. The number of methoxy groups -OCH3 is 1. The van der Waals surface area contributed by atoms with Crippen molar-refractivity contribution in [3.63, 3.8) is 0 Å². The molecule has 2 aromatic carbocycles. The van der Waals surface area contributed by atoms with Crippen LogP contribution in [0.25, 0.3) is 0 Å². The Bertz CT molecular complexity index is 1170. The highest BCUT2D eigenvalue weighted by atomic mass is 35.5. The van der Waals surface area contributed by atoms with Crippen LogP contribution in [0, 0.1) is 13.8 Å². The van der Waals surface area contributed by atoms with Crippen molar-refractivity contribution in [2.24, 2.45) is 5.16 Å². The van der Waals surface area contributed by atoms with Crippen molar-refractivity contribution >= 4 is 40.9 Å². The van der Waals surface area contributed by atoms with Crippen molar-refractivity contribution in [2.75, 3.05) is 7.11 Å².